The second kappa shape index (κ2) is 6.10. The summed E-state index contributed by atoms with van der Waals surface area (Å²) in [5.74, 6) is -2.48. The van der Waals surface area contributed by atoms with Gasteiger partial charge >= 0.3 is 5.97 Å². The summed E-state index contributed by atoms with van der Waals surface area (Å²) in [5.41, 5.74) is -0.350. The van der Waals surface area contributed by atoms with Gasteiger partial charge in [-0.15, -0.1) is 0 Å². The van der Waals surface area contributed by atoms with E-state index in [1.807, 2.05) is 0 Å². The fourth-order valence-corrected chi connectivity index (χ4v) is 4.33. The van der Waals surface area contributed by atoms with Crippen LogP contribution in [0.15, 0.2) is 22.7 Å². The first-order chi connectivity index (χ1) is 9.00. The van der Waals surface area contributed by atoms with Crippen molar-refractivity contribution < 1.29 is 26.7 Å². The average Bonchev–Trinajstić information content (AvgIpc) is 2.28. The minimum Gasteiger partial charge on any atom is -0.478 e. The second-order valence-electron chi connectivity index (χ2n) is 4.05. The number of rotatable bonds is 6. The zero-order valence-electron chi connectivity index (χ0n) is 10.3. The van der Waals surface area contributed by atoms with Crippen LogP contribution < -0.4 is 4.72 Å². The Hall–Kier alpha value is -1.13. The van der Waals surface area contributed by atoms with Crippen LogP contribution in [-0.2, 0) is 19.9 Å². The number of sulfonamides is 1. The van der Waals surface area contributed by atoms with Gasteiger partial charge < -0.3 is 5.11 Å². The molecule has 0 atom stereocenters. The number of aromatic carboxylic acids is 1. The van der Waals surface area contributed by atoms with Gasteiger partial charge in [0.2, 0.25) is 10.0 Å². The van der Waals surface area contributed by atoms with Crippen molar-refractivity contribution in [3.05, 3.63) is 28.2 Å². The number of carboxylic acid groups (broad SMARTS) is 1. The molecule has 20 heavy (non-hydrogen) atoms. The largest absolute Gasteiger partial charge is 0.478 e. The van der Waals surface area contributed by atoms with E-state index in [-0.39, 0.29) is 11.3 Å². The summed E-state index contributed by atoms with van der Waals surface area (Å²) in [4.78, 5) is 11.0. The van der Waals surface area contributed by atoms with Crippen molar-refractivity contribution >= 4 is 47.4 Å². The molecule has 2 N–H and O–H groups in total. The average molecular weight is 386 g/mol. The van der Waals surface area contributed by atoms with Gasteiger partial charge in [0.15, 0.2) is 0 Å². The fourth-order valence-electron chi connectivity index (χ4n) is 1.26. The Morgan fingerprint density at radius 2 is 1.85 bits per heavy atom. The second-order valence-corrected chi connectivity index (χ2v) is 9.06. The van der Waals surface area contributed by atoms with Crippen molar-refractivity contribution in [2.45, 2.75) is 0 Å². The third-order valence-corrected chi connectivity index (χ3v) is 5.17. The van der Waals surface area contributed by atoms with Gasteiger partial charge in [-0.1, -0.05) is 15.9 Å². The van der Waals surface area contributed by atoms with E-state index in [9.17, 15) is 21.6 Å². The SMILES string of the molecule is CS(=O)(=O)CCS(=O)(=O)Nc1ccc(Br)cc1C(=O)O. The maximum absolute atomic E-state index is 11.7. The van der Waals surface area contributed by atoms with Gasteiger partial charge in [0, 0.05) is 10.7 Å². The van der Waals surface area contributed by atoms with Gasteiger partial charge in [0.1, 0.15) is 9.84 Å². The minimum absolute atomic E-state index is 0.116. The van der Waals surface area contributed by atoms with Crippen LogP contribution in [0.2, 0.25) is 0 Å². The summed E-state index contributed by atoms with van der Waals surface area (Å²) < 4.78 is 47.9. The Balaban J connectivity index is 3.01. The number of hydrogen-bond acceptors (Lipinski definition) is 5. The molecule has 0 saturated carbocycles. The molecule has 0 aliphatic heterocycles. The Labute approximate surface area is 125 Å². The van der Waals surface area contributed by atoms with E-state index >= 15 is 0 Å². The highest BCUT2D eigenvalue weighted by molar-refractivity contribution is 9.10. The lowest BCUT2D eigenvalue weighted by molar-refractivity contribution is 0.0698. The lowest BCUT2D eigenvalue weighted by atomic mass is 10.2. The molecule has 0 aromatic heterocycles. The molecule has 0 saturated heterocycles. The number of hydrogen-bond donors (Lipinski definition) is 2. The highest BCUT2D eigenvalue weighted by Crippen LogP contribution is 2.22. The van der Waals surface area contributed by atoms with Crippen LogP contribution in [0.1, 0.15) is 10.4 Å². The molecular formula is C10H12BrNO6S2. The lowest BCUT2D eigenvalue weighted by Crippen LogP contribution is -2.23. The molecule has 0 fully saturated rings. The van der Waals surface area contributed by atoms with E-state index in [0.29, 0.717) is 4.47 Å². The van der Waals surface area contributed by atoms with Crippen molar-refractivity contribution in [3.8, 4) is 0 Å². The third-order valence-electron chi connectivity index (χ3n) is 2.20. The maximum Gasteiger partial charge on any atom is 0.337 e. The predicted octanol–water partition coefficient (Wildman–Crippen LogP) is 0.934. The monoisotopic (exact) mass is 385 g/mol. The molecule has 0 heterocycles. The number of halogens is 1. The van der Waals surface area contributed by atoms with Crippen molar-refractivity contribution in [2.75, 3.05) is 22.5 Å². The molecule has 0 aliphatic rings. The summed E-state index contributed by atoms with van der Waals surface area (Å²) in [6.07, 6.45) is 0.921. The molecule has 0 unspecified atom stereocenters. The van der Waals surface area contributed by atoms with E-state index in [0.717, 1.165) is 6.26 Å². The van der Waals surface area contributed by atoms with Crippen LogP contribution in [0, 0.1) is 0 Å². The molecule has 1 aromatic rings. The highest BCUT2D eigenvalue weighted by atomic mass is 79.9. The number of carbonyl (C=O) groups is 1. The first kappa shape index (κ1) is 16.9. The molecule has 0 spiro atoms. The van der Waals surface area contributed by atoms with Gasteiger partial charge in [-0.25, -0.2) is 21.6 Å². The Morgan fingerprint density at radius 3 is 2.35 bits per heavy atom. The molecule has 7 nitrogen and oxygen atoms in total. The minimum atomic E-state index is -3.94. The fraction of sp³-hybridized carbons (Fsp3) is 0.300. The molecule has 112 valence electrons. The Kier molecular flexibility index (Phi) is 5.16. The van der Waals surface area contributed by atoms with Crippen LogP contribution >= 0.6 is 15.9 Å². The summed E-state index contributed by atoms with van der Waals surface area (Å²) >= 11 is 3.08. The number of benzene rings is 1. The van der Waals surface area contributed by atoms with E-state index in [2.05, 4.69) is 20.7 Å². The number of nitrogens with one attached hydrogen (secondary N) is 1. The standard InChI is InChI=1S/C10H12BrNO6S2/c1-19(15,16)4-5-20(17,18)12-9-3-2-7(11)6-8(9)10(13)14/h2-3,6,12H,4-5H2,1H3,(H,13,14). The van der Waals surface area contributed by atoms with E-state index in [1.54, 1.807) is 0 Å². The predicted molar refractivity (Wildman–Crippen MR) is 78.2 cm³/mol. The highest BCUT2D eigenvalue weighted by Gasteiger charge is 2.18. The first-order valence-corrected chi connectivity index (χ1v) is 9.72. The molecule has 1 aromatic carbocycles. The van der Waals surface area contributed by atoms with Gasteiger partial charge in [-0.05, 0) is 18.2 Å². The molecule has 0 radical (unpaired) electrons. The molecular weight excluding hydrogens is 374 g/mol. The van der Waals surface area contributed by atoms with E-state index in [4.69, 9.17) is 5.11 Å². The van der Waals surface area contributed by atoms with E-state index in [1.165, 1.54) is 18.2 Å². The van der Waals surface area contributed by atoms with Crippen molar-refractivity contribution in [1.29, 1.82) is 0 Å². The number of carboxylic acids is 1. The summed E-state index contributed by atoms with van der Waals surface area (Å²) in [5, 5.41) is 8.99. The van der Waals surface area contributed by atoms with Crippen molar-refractivity contribution in [3.63, 3.8) is 0 Å². The summed E-state index contributed by atoms with van der Waals surface area (Å²) in [6.45, 7) is 0. The van der Waals surface area contributed by atoms with Gasteiger partial charge in [0.05, 0.1) is 22.8 Å². The van der Waals surface area contributed by atoms with Crippen LogP contribution in [-0.4, -0.2) is 45.7 Å². The number of sulfone groups is 1. The zero-order valence-corrected chi connectivity index (χ0v) is 13.5. The Morgan fingerprint density at radius 1 is 1.25 bits per heavy atom. The Bertz CT molecular complexity index is 726. The van der Waals surface area contributed by atoms with Crippen LogP contribution in [0.3, 0.4) is 0 Å². The van der Waals surface area contributed by atoms with Crippen molar-refractivity contribution in [1.82, 2.24) is 0 Å². The van der Waals surface area contributed by atoms with E-state index < -0.39 is 37.3 Å². The van der Waals surface area contributed by atoms with Crippen LogP contribution in [0.5, 0.6) is 0 Å². The smallest absolute Gasteiger partial charge is 0.337 e. The van der Waals surface area contributed by atoms with Gasteiger partial charge in [0.25, 0.3) is 0 Å². The third kappa shape index (κ3) is 5.47. The topological polar surface area (TPSA) is 118 Å². The molecule has 0 amide bonds. The summed E-state index contributed by atoms with van der Waals surface area (Å²) in [6, 6.07) is 4.00. The molecule has 0 bridgehead atoms. The zero-order chi connectivity index (χ0) is 15.6. The quantitative estimate of drug-likeness (QED) is 0.751. The van der Waals surface area contributed by atoms with Gasteiger partial charge in [-0.3, -0.25) is 4.72 Å². The maximum atomic E-state index is 11.7. The number of anilines is 1. The normalized spacial score (nSPS) is 12.1. The van der Waals surface area contributed by atoms with Crippen molar-refractivity contribution in [2.24, 2.45) is 0 Å². The van der Waals surface area contributed by atoms with Crippen LogP contribution in [0.4, 0.5) is 5.69 Å². The van der Waals surface area contributed by atoms with Gasteiger partial charge in [-0.2, -0.15) is 0 Å². The lowest BCUT2D eigenvalue weighted by Gasteiger charge is -2.10. The van der Waals surface area contributed by atoms with Crippen LogP contribution in [0.25, 0.3) is 0 Å². The first-order valence-electron chi connectivity index (χ1n) is 5.21. The molecule has 0 aliphatic carbocycles. The molecule has 10 heteroatoms. The summed E-state index contributed by atoms with van der Waals surface area (Å²) in [7, 11) is -7.37. The molecule has 1 rings (SSSR count).